The second-order valence-corrected chi connectivity index (χ2v) is 6.77. The summed E-state index contributed by atoms with van der Waals surface area (Å²) in [6.07, 6.45) is 0.771. The van der Waals surface area contributed by atoms with Gasteiger partial charge in [0, 0.05) is 29.4 Å². The third kappa shape index (κ3) is 2.79. The van der Waals surface area contributed by atoms with Crippen LogP contribution in [-0.4, -0.2) is 34.9 Å². The predicted octanol–water partition coefficient (Wildman–Crippen LogP) is 3.59. The molecule has 0 spiro atoms. The number of carbonyl (C=O) groups excluding carboxylic acids is 2. The van der Waals surface area contributed by atoms with Crippen molar-refractivity contribution >= 4 is 22.8 Å². The zero-order valence-corrected chi connectivity index (χ0v) is 15.4. The Labute approximate surface area is 157 Å². The fraction of sp³-hybridized carbons (Fsp3) is 0.273. The second-order valence-electron chi connectivity index (χ2n) is 6.77. The number of aromatic amines is 1. The maximum atomic E-state index is 12.9. The number of carbonyl (C=O) groups is 2. The van der Waals surface area contributed by atoms with Crippen LogP contribution >= 0.6 is 0 Å². The lowest BCUT2D eigenvalue weighted by Gasteiger charge is -2.41. The predicted molar refractivity (Wildman–Crippen MR) is 103 cm³/mol. The molecule has 138 valence electrons. The van der Waals surface area contributed by atoms with E-state index in [1.54, 1.807) is 4.90 Å². The Bertz CT molecular complexity index is 993. The molecule has 0 bridgehead atoms. The lowest BCUT2D eigenvalue weighted by atomic mass is 9.87. The van der Waals surface area contributed by atoms with Crippen LogP contribution in [0.1, 0.15) is 36.2 Å². The molecule has 1 aromatic heterocycles. The van der Waals surface area contributed by atoms with Gasteiger partial charge in [-0.15, -0.1) is 0 Å². The van der Waals surface area contributed by atoms with Crippen molar-refractivity contribution in [2.45, 2.75) is 31.8 Å². The molecule has 0 saturated carbocycles. The second kappa shape index (κ2) is 6.91. The molecule has 1 aliphatic rings. The van der Waals surface area contributed by atoms with Gasteiger partial charge in [0.15, 0.2) is 0 Å². The van der Waals surface area contributed by atoms with Crippen LogP contribution in [0.3, 0.4) is 0 Å². The van der Waals surface area contributed by atoms with Crippen molar-refractivity contribution in [1.82, 2.24) is 9.88 Å². The maximum absolute atomic E-state index is 12.9. The summed E-state index contributed by atoms with van der Waals surface area (Å²) in [4.78, 5) is 30.7. The SMILES string of the molecule is CCC(=O)N1C(c2ccccc2)c2[nH]c3ccccc3c2C[C@H]1C(=O)OC. The van der Waals surface area contributed by atoms with Gasteiger partial charge in [0.2, 0.25) is 5.91 Å². The molecule has 0 saturated heterocycles. The monoisotopic (exact) mass is 362 g/mol. The van der Waals surface area contributed by atoms with Gasteiger partial charge in [-0.2, -0.15) is 0 Å². The highest BCUT2D eigenvalue weighted by Crippen LogP contribution is 2.41. The first-order chi connectivity index (χ1) is 13.2. The lowest BCUT2D eigenvalue weighted by Crippen LogP contribution is -2.51. The number of aromatic nitrogens is 1. The third-order valence-corrected chi connectivity index (χ3v) is 5.31. The molecule has 27 heavy (non-hydrogen) atoms. The van der Waals surface area contributed by atoms with Crippen LogP contribution < -0.4 is 0 Å². The zero-order valence-electron chi connectivity index (χ0n) is 15.4. The number of ether oxygens (including phenoxy) is 1. The molecule has 2 aromatic carbocycles. The van der Waals surface area contributed by atoms with E-state index in [1.165, 1.54) is 7.11 Å². The molecule has 1 unspecified atom stereocenters. The molecular weight excluding hydrogens is 340 g/mol. The molecule has 1 amide bonds. The first kappa shape index (κ1) is 17.3. The number of methoxy groups -OCH3 is 1. The van der Waals surface area contributed by atoms with Crippen LogP contribution in [0.25, 0.3) is 10.9 Å². The van der Waals surface area contributed by atoms with Crippen LogP contribution in [0.2, 0.25) is 0 Å². The quantitative estimate of drug-likeness (QED) is 0.724. The average Bonchev–Trinajstić information content (AvgIpc) is 3.10. The van der Waals surface area contributed by atoms with Gasteiger partial charge in [-0.3, -0.25) is 4.79 Å². The van der Waals surface area contributed by atoms with Crippen molar-refractivity contribution in [1.29, 1.82) is 0 Å². The summed E-state index contributed by atoms with van der Waals surface area (Å²) in [6.45, 7) is 1.82. The Morgan fingerprint density at radius 3 is 2.52 bits per heavy atom. The number of esters is 1. The number of rotatable bonds is 3. The molecule has 3 aromatic rings. The van der Waals surface area contributed by atoms with Gasteiger partial charge in [-0.05, 0) is 17.2 Å². The van der Waals surface area contributed by atoms with E-state index in [0.717, 1.165) is 27.7 Å². The molecule has 2 heterocycles. The van der Waals surface area contributed by atoms with E-state index in [-0.39, 0.29) is 17.9 Å². The van der Waals surface area contributed by atoms with Gasteiger partial charge in [0.1, 0.15) is 6.04 Å². The van der Waals surface area contributed by atoms with Gasteiger partial charge in [-0.25, -0.2) is 4.79 Å². The van der Waals surface area contributed by atoms with Crippen molar-refractivity contribution in [2.24, 2.45) is 0 Å². The van der Waals surface area contributed by atoms with Crippen LogP contribution in [0, 0.1) is 0 Å². The molecule has 4 rings (SSSR count). The highest BCUT2D eigenvalue weighted by molar-refractivity contribution is 5.90. The minimum atomic E-state index is -0.639. The summed E-state index contributed by atoms with van der Waals surface area (Å²) < 4.78 is 5.06. The summed E-state index contributed by atoms with van der Waals surface area (Å²) in [6, 6.07) is 16.9. The first-order valence-corrected chi connectivity index (χ1v) is 9.19. The molecular formula is C22H22N2O3. The van der Waals surface area contributed by atoms with Crippen molar-refractivity contribution in [2.75, 3.05) is 7.11 Å². The summed E-state index contributed by atoms with van der Waals surface area (Å²) in [5.74, 6) is -0.447. The normalized spacial score (nSPS) is 19.0. The van der Waals surface area contributed by atoms with Gasteiger partial charge in [0.25, 0.3) is 0 Å². The molecule has 2 atom stereocenters. The van der Waals surface area contributed by atoms with Gasteiger partial charge in [0.05, 0.1) is 13.2 Å². The fourth-order valence-electron chi connectivity index (χ4n) is 4.08. The van der Waals surface area contributed by atoms with E-state index < -0.39 is 6.04 Å². The minimum absolute atomic E-state index is 0.0661. The Kier molecular flexibility index (Phi) is 4.44. The standard InChI is InChI=1S/C22H22N2O3/c1-3-19(25)24-18(22(26)27-2)13-16-15-11-7-8-12-17(15)23-20(16)21(24)14-9-5-4-6-10-14/h4-12,18,21,23H,3,13H2,1-2H3/t18-,21?/m0/s1. The smallest absolute Gasteiger partial charge is 0.328 e. The van der Waals surface area contributed by atoms with E-state index in [4.69, 9.17) is 4.74 Å². The molecule has 0 fully saturated rings. The Morgan fingerprint density at radius 1 is 1.11 bits per heavy atom. The van der Waals surface area contributed by atoms with Crippen molar-refractivity contribution < 1.29 is 14.3 Å². The van der Waals surface area contributed by atoms with Crippen LogP contribution in [0.5, 0.6) is 0 Å². The molecule has 5 nitrogen and oxygen atoms in total. The van der Waals surface area contributed by atoms with Gasteiger partial charge >= 0.3 is 5.97 Å². The van der Waals surface area contributed by atoms with E-state index >= 15 is 0 Å². The maximum Gasteiger partial charge on any atom is 0.328 e. The highest BCUT2D eigenvalue weighted by atomic mass is 16.5. The van der Waals surface area contributed by atoms with E-state index in [1.807, 2.05) is 55.5 Å². The van der Waals surface area contributed by atoms with Gasteiger partial charge < -0.3 is 14.6 Å². The average molecular weight is 362 g/mol. The molecule has 0 radical (unpaired) electrons. The third-order valence-electron chi connectivity index (χ3n) is 5.31. The van der Waals surface area contributed by atoms with Crippen molar-refractivity contribution in [3.8, 4) is 0 Å². The van der Waals surface area contributed by atoms with Crippen LogP contribution in [-0.2, 0) is 20.7 Å². The number of amides is 1. The van der Waals surface area contributed by atoms with Crippen LogP contribution in [0.4, 0.5) is 0 Å². The molecule has 0 aliphatic carbocycles. The highest BCUT2D eigenvalue weighted by Gasteiger charge is 2.43. The minimum Gasteiger partial charge on any atom is -0.467 e. The molecule has 5 heteroatoms. The van der Waals surface area contributed by atoms with E-state index in [9.17, 15) is 9.59 Å². The lowest BCUT2D eigenvalue weighted by molar-refractivity contribution is -0.155. The van der Waals surface area contributed by atoms with Gasteiger partial charge in [-0.1, -0.05) is 55.5 Å². The zero-order chi connectivity index (χ0) is 19.0. The largest absolute Gasteiger partial charge is 0.467 e. The van der Waals surface area contributed by atoms with Crippen molar-refractivity contribution in [3.05, 3.63) is 71.4 Å². The van der Waals surface area contributed by atoms with E-state index in [2.05, 4.69) is 11.1 Å². The number of para-hydroxylation sites is 1. The first-order valence-electron chi connectivity index (χ1n) is 9.19. The summed E-state index contributed by atoms with van der Waals surface area (Å²) in [5, 5.41) is 1.09. The van der Waals surface area contributed by atoms with Crippen molar-refractivity contribution in [3.63, 3.8) is 0 Å². The fourth-order valence-corrected chi connectivity index (χ4v) is 4.08. The number of nitrogens with one attached hydrogen (secondary N) is 1. The van der Waals surface area contributed by atoms with E-state index in [0.29, 0.717) is 12.8 Å². The number of nitrogens with zero attached hydrogens (tertiary/aromatic N) is 1. The summed E-state index contributed by atoms with van der Waals surface area (Å²) >= 11 is 0. The molecule has 1 aliphatic heterocycles. The summed E-state index contributed by atoms with van der Waals surface area (Å²) in [5.41, 5.74) is 4.04. The number of fused-ring (bicyclic) bond motifs is 3. The topological polar surface area (TPSA) is 62.4 Å². The number of hydrogen-bond donors (Lipinski definition) is 1. The number of hydrogen-bond acceptors (Lipinski definition) is 3. The Morgan fingerprint density at radius 2 is 1.81 bits per heavy atom. The van der Waals surface area contributed by atoms with Crippen LogP contribution in [0.15, 0.2) is 54.6 Å². The Hall–Kier alpha value is -3.08. The number of benzene rings is 2. The Balaban J connectivity index is 1.98. The molecule has 1 N–H and O–H groups in total. The summed E-state index contributed by atoms with van der Waals surface area (Å²) in [7, 11) is 1.37. The number of H-pyrrole nitrogens is 1.